The van der Waals surface area contributed by atoms with Crippen LogP contribution in [0.15, 0.2) is 30.3 Å². The number of halogens is 1. The normalized spacial score (nSPS) is 12.6. The highest BCUT2D eigenvalue weighted by molar-refractivity contribution is 6.31. The van der Waals surface area contributed by atoms with Crippen LogP contribution in [-0.2, 0) is 13.5 Å². The number of hydrogen-bond donors (Lipinski definition) is 1. The Kier molecular flexibility index (Phi) is 5.21. The third kappa shape index (κ3) is 3.22. The Balaban J connectivity index is 2.41. The fourth-order valence-electron chi connectivity index (χ4n) is 2.36. The molecule has 1 aromatic carbocycles. The maximum absolute atomic E-state index is 6.37. The first-order chi connectivity index (χ1) is 9.67. The summed E-state index contributed by atoms with van der Waals surface area (Å²) in [5.74, 6) is 0. The molecular weight excluding hydrogens is 270 g/mol. The number of hydrogen-bond acceptors (Lipinski definition) is 2. The molecule has 4 heteroatoms. The smallest absolute Gasteiger partial charge is 0.0762 e. The van der Waals surface area contributed by atoms with E-state index in [9.17, 15) is 0 Å². The SMILES string of the molecule is CCCNC(c1ccccc1Cl)c1cc(CC)nn1C. The van der Waals surface area contributed by atoms with Crippen LogP contribution in [0, 0.1) is 0 Å². The molecule has 108 valence electrons. The first-order valence-electron chi connectivity index (χ1n) is 7.18. The van der Waals surface area contributed by atoms with E-state index in [4.69, 9.17) is 11.6 Å². The lowest BCUT2D eigenvalue weighted by Crippen LogP contribution is -2.25. The predicted octanol–water partition coefficient (Wildman–Crippen LogP) is 3.72. The number of aryl methyl sites for hydroxylation is 2. The van der Waals surface area contributed by atoms with Crippen molar-refractivity contribution in [3.05, 3.63) is 52.3 Å². The molecule has 1 unspecified atom stereocenters. The van der Waals surface area contributed by atoms with E-state index in [0.717, 1.165) is 41.4 Å². The Hall–Kier alpha value is -1.32. The molecule has 0 aliphatic rings. The summed E-state index contributed by atoms with van der Waals surface area (Å²) in [6.45, 7) is 5.23. The number of nitrogens with one attached hydrogen (secondary N) is 1. The molecule has 1 N–H and O–H groups in total. The zero-order valence-corrected chi connectivity index (χ0v) is 13.1. The van der Waals surface area contributed by atoms with Crippen LogP contribution in [0.5, 0.6) is 0 Å². The summed E-state index contributed by atoms with van der Waals surface area (Å²) in [6.07, 6.45) is 2.02. The van der Waals surface area contributed by atoms with Crippen LogP contribution < -0.4 is 5.32 Å². The van der Waals surface area contributed by atoms with E-state index in [2.05, 4.69) is 36.4 Å². The Morgan fingerprint density at radius 1 is 1.30 bits per heavy atom. The third-order valence-electron chi connectivity index (χ3n) is 3.44. The van der Waals surface area contributed by atoms with Gasteiger partial charge in [0.1, 0.15) is 0 Å². The zero-order valence-electron chi connectivity index (χ0n) is 12.4. The van der Waals surface area contributed by atoms with E-state index in [0.29, 0.717) is 0 Å². The van der Waals surface area contributed by atoms with Gasteiger partial charge < -0.3 is 5.32 Å². The highest BCUT2D eigenvalue weighted by Crippen LogP contribution is 2.28. The molecular formula is C16H22ClN3. The van der Waals surface area contributed by atoms with Crippen molar-refractivity contribution in [2.45, 2.75) is 32.7 Å². The van der Waals surface area contributed by atoms with E-state index in [-0.39, 0.29) is 6.04 Å². The summed E-state index contributed by atoms with van der Waals surface area (Å²) in [5.41, 5.74) is 3.37. The second-order valence-corrected chi connectivity index (χ2v) is 5.35. The van der Waals surface area contributed by atoms with E-state index < -0.39 is 0 Å². The average molecular weight is 292 g/mol. The Morgan fingerprint density at radius 3 is 2.65 bits per heavy atom. The molecule has 0 bridgehead atoms. The minimum Gasteiger partial charge on any atom is -0.305 e. The summed E-state index contributed by atoms with van der Waals surface area (Å²) in [6, 6.07) is 10.3. The van der Waals surface area contributed by atoms with E-state index >= 15 is 0 Å². The van der Waals surface area contributed by atoms with Crippen LogP contribution >= 0.6 is 11.6 Å². The molecule has 2 rings (SSSR count). The van der Waals surface area contributed by atoms with Crippen LogP contribution in [0.3, 0.4) is 0 Å². The quantitative estimate of drug-likeness (QED) is 0.879. The standard InChI is InChI=1S/C16H22ClN3/c1-4-10-18-16(13-8-6-7-9-14(13)17)15-11-12(5-2)19-20(15)3/h6-9,11,16,18H,4-5,10H2,1-3H3. The van der Waals surface area contributed by atoms with Gasteiger partial charge in [0.15, 0.2) is 0 Å². The maximum Gasteiger partial charge on any atom is 0.0762 e. The van der Waals surface area contributed by atoms with Crippen LogP contribution in [0.2, 0.25) is 5.02 Å². The van der Waals surface area contributed by atoms with Gasteiger partial charge in [-0.05, 0) is 37.1 Å². The predicted molar refractivity (Wildman–Crippen MR) is 84.2 cm³/mol. The highest BCUT2D eigenvalue weighted by Gasteiger charge is 2.20. The third-order valence-corrected chi connectivity index (χ3v) is 3.78. The lowest BCUT2D eigenvalue weighted by Gasteiger charge is -2.20. The van der Waals surface area contributed by atoms with Gasteiger partial charge in [-0.1, -0.05) is 43.6 Å². The molecule has 0 saturated carbocycles. The molecule has 0 aliphatic carbocycles. The van der Waals surface area contributed by atoms with Crippen LogP contribution in [0.1, 0.15) is 43.3 Å². The number of benzene rings is 1. The molecule has 0 spiro atoms. The second-order valence-electron chi connectivity index (χ2n) is 4.95. The molecule has 0 aliphatic heterocycles. The van der Waals surface area contributed by atoms with Crippen molar-refractivity contribution in [2.24, 2.45) is 7.05 Å². The molecule has 0 amide bonds. The van der Waals surface area contributed by atoms with Crippen molar-refractivity contribution >= 4 is 11.6 Å². The molecule has 3 nitrogen and oxygen atoms in total. The Bertz CT molecular complexity index is 563. The van der Waals surface area contributed by atoms with Crippen LogP contribution in [0.25, 0.3) is 0 Å². The molecule has 1 heterocycles. The van der Waals surface area contributed by atoms with Crippen molar-refractivity contribution in [1.29, 1.82) is 0 Å². The Labute approximate surface area is 126 Å². The monoisotopic (exact) mass is 291 g/mol. The van der Waals surface area contributed by atoms with Gasteiger partial charge in [0.2, 0.25) is 0 Å². The molecule has 1 atom stereocenters. The summed E-state index contributed by atoms with van der Waals surface area (Å²) in [5, 5.41) is 8.91. The largest absolute Gasteiger partial charge is 0.305 e. The topological polar surface area (TPSA) is 29.9 Å². The van der Waals surface area contributed by atoms with Crippen molar-refractivity contribution in [3.8, 4) is 0 Å². The molecule has 0 radical (unpaired) electrons. The molecule has 0 fully saturated rings. The summed E-state index contributed by atoms with van der Waals surface area (Å²) in [4.78, 5) is 0. The molecule has 2 aromatic rings. The van der Waals surface area contributed by atoms with Crippen molar-refractivity contribution in [1.82, 2.24) is 15.1 Å². The van der Waals surface area contributed by atoms with Crippen LogP contribution in [0.4, 0.5) is 0 Å². The minimum absolute atomic E-state index is 0.0847. The lowest BCUT2D eigenvalue weighted by atomic mass is 10.0. The first kappa shape index (κ1) is 15.1. The van der Waals surface area contributed by atoms with Gasteiger partial charge in [-0.3, -0.25) is 4.68 Å². The molecule has 1 aromatic heterocycles. The zero-order chi connectivity index (χ0) is 14.5. The number of aromatic nitrogens is 2. The van der Waals surface area contributed by atoms with Gasteiger partial charge in [-0.15, -0.1) is 0 Å². The van der Waals surface area contributed by atoms with E-state index in [1.165, 1.54) is 0 Å². The van der Waals surface area contributed by atoms with Crippen LogP contribution in [-0.4, -0.2) is 16.3 Å². The van der Waals surface area contributed by atoms with Gasteiger partial charge in [0.05, 0.1) is 17.4 Å². The van der Waals surface area contributed by atoms with Crippen molar-refractivity contribution in [2.75, 3.05) is 6.54 Å². The molecule has 20 heavy (non-hydrogen) atoms. The summed E-state index contributed by atoms with van der Waals surface area (Å²) < 4.78 is 1.95. The van der Waals surface area contributed by atoms with Gasteiger partial charge in [-0.25, -0.2) is 0 Å². The van der Waals surface area contributed by atoms with Gasteiger partial charge in [0.25, 0.3) is 0 Å². The molecule has 0 saturated heterocycles. The van der Waals surface area contributed by atoms with Gasteiger partial charge >= 0.3 is 0 Å². The van der Waals surface area contributed by atoms with Crippen molar-refractivity contribution < 1.29 is 0 Å². The highest BCUT2D eigenvalue weighted by atomic mass is 35.5. The number of rotatable bonds is 6. The fraction of sp³-hybridized carbons (Fsp3) is 0.438. The number of nitrogens with zero attached hydrogens (tertiary/aromatic N) is 2. The summed E-state index contributed by atoms with van der Waals surface area (Å²) >= 11 is 6.37. The minimum atomic E-state index is 0.0847. The Morgan fingerprint density at radius 2 is 2.05 bits per heavy atom. The van der Waals surface area contributed by atoms with Crippen molar-refractivity contribution in [3.63, 3.8) is 0 Å². The fourth-order valence-corrected chi connectivity index (χ4v) is 2.60. The van der Waals surface area contributed by atoms with E-state index in [1.807, 2.05) is 29.9 Å². The van der Waals surface area contributed by atoms with E-state index in [1.54, 1.807) is 0 Å². The van der Waals surface area contributed by atoms with Gasteiger partial charge in [0, 0.05) is 12.1 Å². The lowest BCUT2D eigenvalue weighted by molar-refractivity contribution is 0.553. The second kappa shape index (κ2) is 6.91. The average Bonchev–Trinajstić information content (AvgIpc) is 2.82. The van der Waals surface area contributed by atoms with Gasteiger partial charge in [-0.2, -0.15) is 5.10 Å². The first-order valence-corrected chi connectivity index (χ1v) is 7.55. The maximum atomic E-state index is 6.37. The summed E-state index contributed by atoms with van der Waals surface area (Å²) in [7, 11) is 1.99.